The molecular weight excluding hydrogens is 336 g/mol. The Hall–Kier alpha value is -1.68. The van der Waals surface area contributed by atoms with E-state index in [2.05, 4.69) is 38.1 Å². The monoisotopic (exact) mass is 368 g/mol. The molecule has 1 aliphatic carbocycles. The van der Waals surface area contributed by atoms with Crippen LogP contribution < -0.4 is 0 Å². The molecule has 0 aromatic heterocycles. The molecule has 2 aromatic carbocycles. The van der Waals surface area contributed by atoms with Gasteiger partial charge in [-0.15, -0.1) is 0 Å². The summed E-state index contributed by atoms with van der Waals surface area (Å²) < 4.78 is 12.6. The predicted molar refractivity (Wildman–Crippen MR) is 108 cm³/mol. The van der Waals surface area contributed by atoms with Gasteiger partial charge in [0.2, 0.25) is 0 Å². The van der Waals surface area contributed by atoms with Crippen molar-refractivity contribution in [2.75, 3.05) is 0 Å². The highest BCUT2D eigenvalue weighted by atomic mass is 16.6. The fourth-order valence-corrected chi connectivity index (χ4v) is 4.29. The van der Waals surface area contributed by atoms with Crippen molar-refractivity contribution in [3.8, 4) is 0 Å². The van der Waals surface area contributed by atoms with Crippen LogP contribution in [0.15, 0.2) is 60.7 Å². The molecule has 3 rings (SSSR count). The first-order chi connectivity index (χ1) is 13.0. The smallest absolute Gasteiger partial charge is 0.113 e. The maximum atomic E-state index is 11.2. The van der Waals surface area contributed by atoms with Gasteiger partial charge in [-0.3, -0.25) is 0 Å². The topological polar surface area (TPSA) is 38.7 Å². The SMILES string of the molecule is CC[C@H]1CC(C)(O)[C@H](OCc2ccccc2)[C@@H](OCc2ccccc2)[C@@H]1C. The highest BCUT2D eigenvalue weighted by Crippen LogP contribution is 2.42. The molecule has 1 fully saturated rings. The van der Waals surface area contributed by atoms with E-state index >= 15 is 0 Å². The molecule has 0 heterocycles. The minimum Gasteiger partial charge on any atom is -0.387 e. The molecular formula is C24H32O3. The average Bonchev–Trinajstić information content (AvgIpc) is 2.69. The fraction of sp³-hybridized carbons (Fsp3) is 0.500. The standard InChI is InChI=1S/C24H32O3/c1-4-21-15-24(3,25)23(27-17-20-13-9-6-10-14-20)22(18(21)2)26-16-19-11-7-5-8-12-19/h5-14,18,21-23,25H,4,15-17H2,1-3H3/t18-,21+,22+,23-,24?/m1/s1. The average molecular weight is 369 g/mol. The van der Waals surface area contributed by atoms with E-state index in [0.717, 1.165) is 24.0 Å². The summed E-state index contributed by atoms with van der Waals surface area (Å²) in [4.78, 5) is 0. The van der Waals surface area contributed by atoms with Crippen molar-refractivity contribution in [2.24, 2.45) is 11.8 Å². The molecule has 0 bridgehead atoms. The van der Waals surface area contributed by atoms with Gasteiger partial charge in [-0.05, 0) is 36.3 Å². The van der Waals surface area contributed by atoms with Crippen molar-refractivity contribution in [1.82, 2.24) is 0 Å². The molecule has 0 radical (unpaired) electrons. The molecule has 3 heteroatoms. The largest absolute Gasteiger partial charge is 0.387 e. The highest BCUT2D eigenvalue weighted by Gasteiger charge is 2.49. The summed E-state index contributed by atoms with van der Waals surface area (Å²) in [5, 5.41) is 11.2. The van der Waals surface area contributed by atoms with Crippen LogP contribution in [0.25, 0.3) is 0 Å². The normalized spacial score (nSPS) is 31.0. The number of rotatable bonds is 7. The van der Waals surface area contributed by atoms with Gasteiger partial charge in [-0.2, -0.15) is 0 Å². The summed E-state index contributed by atoms with van der Waals surface area (Å²) in [7, 11) is 0. The van der Waals surface area contributed by atoms with Gasteiger partial charge < -0.3 is 14.6 Å². The third-order valence-electron chi connectivity index (χ3n) is 5.93. The van der Waals surface area contributed by atoms with Crippen molar-refractivity contribution >= 4 is 0 Å². The molecule has 0 saturated heterocycles. The second-order valence-electron chi connectivity index (χ2n) is 8.07. The van der Waals surface area contributed by atoms with Crippen LogP contribution in [0.1, 0.15) is 44.7 Å². The third kappa shape index (κ3) is 4.98. The van der Waals surface area contributed by atoms with Crippen LogP contribution in [0.4, 0.5) is 0 Å². The van der Waals surface area contributed by atoms with Crippen LogP contribution >= 0.6 is 0 Å². The lowest BCUT2D eigenvalue weighted by molar-refractivity contribution is -0.219. The van der Waals surface area contributed by atoms with Crippen LogP contribution in [0, 0.1) is 11.8 Å². The fourth-order valence-electron chi connectivity index (χ4n) is 4.29. The Labute approximate surface area is 163 Å². The van der Waals surface area contributed by atoms with Crippen LogP contribution in [-0.4, -0.2) is 22.9 Å². The zero-order valence-electron chi connectivity index (χ0n) is 16.7. The van der Waals surface area contributed by atoms with E-state index in [1.165, 1.54) is 0 Å². The highest BCUT2D eigenvalue weighted by molar-refractivity contribution is 5.15. The molecule has 1 N–H and O–H groups in total. The van der Waals surface area contributed by atoms with E-state index in [1.807, 2.05) is 43.3 Å². The zero-order valence-corrected chi connectivity index (χ0v) is 16.7. The summed E-state index contributed by atoms with van der Waals surface area (Å²) >= 11 is 0. The Morgan fingerprint density at radius 3 is 1.96 bits per heavy atom. The minimum absolute atomic E-state index is 0.136. The molecule has 5 atom stereocenters. The number of hydrogen-bond donors (Lipinski definition) is 1. The molecule has 1 saturated carbocycles. The number of ether oxygens (including phenoxy) is 2. The lowest BCUT2D eigenvalue weighted by Crippen LogP contribution is -2.58. The number of aliphatic hydroxyl groups is 1. The molecule has 0 spiro atoms. The van der Waals surface area contributed by atoms with Gasteiger partial charge in [-0.25, -0.2) is 0 Å². The van der Waals surface area contributed by atoms with Crippen molar-refractivity contribution in [3.63, 3.8) is 0 Å². The first-order valence-corrected chi connectivity index (χ1v) is 10.0. The number of hydrogen-bond acceptors (Lipinski definition) is 3. The van der Waals surface area contributed by atoms with E-state index < -0.39 is 5.60 Å². The van der Waals surface area contributed by atoms with E-state index in [4.69, 9.17) is 9.47 Å². The molecule has 0 aliphatic heterocycles. The Morgan fingerprint density at radius 1 is 0.926 bits per heavy atom. The molecule has 0 amide bonds. The second-order valence-corrected chi connectivity index (χ2v) is 8.07. The van der Waals surface area contributed by atoms with Gasteiger partial charge in [-0.1, -0.05) is 80.9 Å². The van der Waals surface area contributed by atoms with Gasteiger partial charge in [0.05, 0.1) is 24.9 Å². The van der Waals surface area contributed by atoms with Crippen LogP contribution in [0.2, 0.25) is 0 Å². The van der Waals surface area contributed by atoms with Gasteiger partial charge in [0.1, 0.15) is 6.10 Å². The lowest BCUT2D eigenvalue weighted by Gasteiger charge is -2.49. The molecule has 1 aliphatic rings. The van der Waals surface area contributed by atoms with Crippen molar-refractivity contribution < 1.29 is 14.6 Å². The van der Waals surface area contributed by atoms with Gasteiger partial charge in [0.15, 0.2) is 0 Å². The van der Waals surface area contributed by atoms with Crippen molar-refractivity contribution in [1.29, 1.82) is 0 Å². The molecule has 3 nitrogen and oxygen atoms in total. The quantitative estimate of drug-likeness (QED) is 0.749. The predicted octanol–water partition coefficient (Wildman–Crippen LogP) is 4.97. The molecule has 2 aromatic rings. The first kappa shape index (κ1) is 20.1. The van der Waals surface area contributed by atoms with Gasteiger partial charge in [0.25, 0.3) is 0 Å². The van der Waals surface area contributed by atoms with Crippen LogP contribution in [-0.2, 0) is 22.7 Å². The summed E-state index contributed by atoms with van der Waals surface area (Å²) in [5.74, 6) is 0.761. The van der Waals surface area contributed by atoms with Crippen LogP contribution in [0.3, 0.4) is 0 Å². The van der Waals surface area contributed by atoms with Crippen molar-refractivity contribution in [2.45, 2.75) is 64.6 Å². The van der Waals surface area contributed by atoms with Gasteiger partial charge >= 0.3 is 0 Å². The molecule has 1 unspecified atom stereocenters. The van der Waals surface area contributed by atoms with E-state index in [-0.39, 0.29) is 12.2 Å². The Kier molecular flexibility index (Phi) is 6.69. The lowest BCUT2D eigenvalue weighted by atomic mass is 9.68. The van der Waals surface area contributed by atoms with Crippen LogP contribution in [0.5, 0.6) is 0 Å². The van der Waals surface area contributed by atoms with E-state index in [1.54, 1.807) is 0 Å². The maximum absolute atomic E-state index is 11.2. The minimum atomic E-state index is -0.899. The summed E-state index contributed by atoms with van der Waals surface area (Å²) in [6, 6.07) is 20.3. The third-order valence-corrected chi connectivity index (χ3v) is 5.93. The first-order valence-electron chi connectivity index (χ1n) is 10.0. The Balaban J connectivity index is 1.76. The van der Waals surface area contributed by atoms with Crippen molar-refractivity contribution in [3.05, 3.63) is 71.8 Å². The Bertz CT molecular complexity index is 683. The maximum Gasteiger partial charge on any atom is 0.113 e. The van der Waals surface area contributed by atoms with E-state index in [0.29, 0.717) is 25.0 Å². The summed E-state index contributed by atoms with van der Waals surface area (Å²) in [6.07, 6.45) is 1.30. The zero-order chi connectivity index (χ0) is 19.3. The summed E-state index contributed by atoms with van der Waals surface area (Å²) in [5.41, 5.74) is 1.36. The molecule has 27 heavy (non-hydrogen) atoms. The number of benzene rings is 2. The summed E-state index contributed by atoms with van der Waals surface area (Å²) in [6.45, 7) is 7.34. The molecule has 146 valence electrons. The Morgan fingerprint density at radius 2 is 1.44 bits per heavy atom. The van der Waals surface area contributed by atoms with Gasteiger partial charge in [0, 0.05) is 0 Å². The van der Waals surface area contributed by atoms with E-state index in [9.17, 15) is 5.11 Å². The second kappa shape index (κ2) is 9.01.